The minimum Gasteiger partial charge on any atom is -0.508 e. The molecule has 4 nitrogen and oxygen atoms in total. The van der Waals surface area contributed by atoms with Crippen molar-refractivity contribution in [2.75, 3.05) is 0 Å². The van der Waals surface area contributed by atoms with E-state index in [-0.39, 0.29) is 16.4 Å². The molecule has 0 aliphatic carbocycles. The normalized spacial score (nSPS) is 11.9. The van der Waals surface area contributed by atoms with E-state index in [0.717, 1.165) is 4.47 Å². The third kappa shape index (κ3) is 4.20. The highest BCUT2D eigenvalue weighted by molar-refractivity contribution is 9.10. The Morgan fingerprint density at radius 2 is 1.95 bits per heavy atom. The number of hydrogen-bond donors (Lipinski definition) is 1. The topological polar surface area (TPSA) is 78.2 Å². The second-order valence-corrected chi connectivity index (χ2v) is 7.48. The quantitative estimate of drug-likeness (QED) is 0.824. The average Bonchev–Trinajstić information content (AvgIpc) is 2.44. The van der Waals surface area contributed by atoms with Crippen LogP contribution < -0.4 is 0 Å². The van der Waals surface area contributed by atoms with Gasteiger partial charge in [0.25, 0.3) is 0 Å². The number of halogens is 1. The molecule has 1 N–H and O–H groups in total. The second kappa shape index (κ2) is 6.77. The number of phenolic OH excluding ortho intramolecular Hbond substituents is 1. The van der Waals surface area contributed by atoms with Gasteiger partial charge in [-0.3, -0.25) is 0 Å². The number of aromatic hydroxyl groups is 1. The van der Waals surface area contributed by atoms with E-state index in [9.17, 15) is 13.5 Å². The monoisotopic (exact) mass is 377 g/mol. The Bertz CT molecular complexity index is 867. The van der Waals surface area contributed by atoms with Crippen LogP contribution in [-0.4, -0.2) is 13.5 Å². The van der Waals surface area contributed by atoms with Gasteiger partial charge in [-0.2, -0.15) is 5.26 Å². The zero-order valence-electron chi connectivity index (χ0n) is 11.4. The summed E-state index contributed by atoms with van der Waals surface area (Å²) in [6, 6.07) is 14.7. The Morgan fingerprint density at radius 1 is 1.23 bits per heavy atom. The number of allylic oxidation sites excluding steroid dienone is 1. The third-order valence-electron chi connectivity index (χ3n) is 2.86. The molecule has 2 rings (SSSR count). The van der Waals surface area contributed by atoms with E-state index in [4.69, 9.17) is 5.26 Å². The highest BCUT2D eigenvalue weighted by atomic mass is 79.9. The number of phenols is 1. The van der Waals surface area contributed by atoms with Crippen LogP contribution in [-0.2, 0) is 15.6 Å². The van der Waals surface area contributed by atoms with Gasteiger partial charge in [0, 0.05) is 4.47 Å². The van der Waals surface area contributed by atoms with Crippen molar-refractivity contribution >= 4 is 31.8 Å². The van der Waals surface area contributed by atoms with Crippen molar-refractivity contribution in [3.8, 4) is 11.8 Å². The van der Waals surface area contributed by atoms with Crippen LogP contribution in [0.2, 0.25) is 0 Å². The summed E-state index contributed by atoms with van der Waals surface area (Å²) < 4.78 is 25.5. The molecule has 0 aliphatic heterocycles. The van der Waals surface area contributed by atoms with Gasteiger partial charge in [-0.15, -0.1) is 0 Å². The van der Waals surface area contributed by atoms with E-state index in [1.165, 1.54) is 18.2 Å². The van der Waals surface area contributed by atoms with Gasteiger partial charge in [-0.05, 0) is 41.5 Å². The molecule has 0 atom stereocenters. The van der Waals surface area contributed by atoms with Gasteiger partial charge in [0.05, 0.1) is 5.75 Å². The number of nitrogens with zero attached hydrogens (tertiary/aromatic N) is 1. The van der Waals surface area contributed by atoms with E-state index < -0.39 is 9.84 Å². The molecule has 112 valence electrons. The molecule has 2 aromatic rings. The molecule has 0 aliphatic rings. The van der Waals surface area contributed by atoms with Crippen LogP contribution in [0.15, 0.2) is 57.9 Å². The maximum atomic E-state index is 12.4. The van der Waals surface area contributed by atoms with Crippen molar-refractivity contribution in [1.82, 2.24) is 0 Å². The lowest BCUT2D eigenvalue weighted by Crippen LogP contribution is -2.06. The van der Waals surface area contributed by atoms with Gasteiger partial charge in [0.15, 0.2) is 9.84 Å². The molecule has 0 radical (unpaired) electrons. The fourth-order valence-corrected chi connectivity index (χ4v) is 3.56. The largest absolute Gasteiger partial charge is 0.508 e. The molecule has 0 saturated carbocycles. The lowest BCUT2D eigenvalue weighted by molar-refractivity contribution is 0.475. The third-order valence-corrected chi connectivity index (χ3v) is 4.94. The highest BCUT2D eigenvalue weighted by Crippen LogP contribution is 2.21. The molecule has 0 spiro atoms. The van der Waals surface area contributed by atoms with Crippen LogP contribution >= 0.6 is 15.9 Å². The highest BCUT2D eigenvalue weighted by Gasteiger charge is 2.18. The molecule has 0 fully saturated rings. The van der Waals surface area contributed by atoms with E-state index in [1.54, 1.807) is 42.5 Å². The van der Waals surface area contributed by atoms with Gasteiger partial charge in [-0.25, -0.2) is 8.42 Å². The SMILES string of the molecule is N#C/C(=C\c1cccc(O)c1)S(=O)(=O)Cc1cccc(Br)c1. The lowest BCUT2D eigenvalue weighted by atomic mass is 10.2. The molecular formula is C16H12BrNO3S. The van der Waals surface area contributed by atoms with Crippen molar-refractivity contribution in [3.63, 3.8) is 0 Å². The Balaban J connectivity index is 2.35. The van der Waals surface area contributed by atoms with E-state index in [1.807, 2.05) is 0 Å². The van der Waals surface area contributed by atoms with E-state index >= 15 is 0 Å². The van der Waals surface area contributed by atoms with Crippen molar-refractivity contribution in [1.29, 1.82) is 5.26 Å². The maximum Gasteiger partial charge on any atom is 0.192 e. The predicted octanol–water partition coefficient (Wildman–Crippen LogP) is 3.63. The first-order valence-corrected chi connectivity index (χ1v) is 8.73. The van der Waals surface area contributed by atoms with Crippen molar-refractivity contribution < 1.29 is 13.5 Å². The minimum absolute atomic E-state index is 0.00966. The Hall–Kier alpha value is -2.10. The van der Waals surface area contributed by atoms with Crippen molar-refractivity contribution in [2.24, 2.45) is 0 Å². The Labute approximate surface area is 137 Å². The summed E-state index contributed by atoms with van der Waals surface area (Å²) in [7, 11) is -3.76. The summed E-state index contributed by atoms with van der Waals surface area (Å²) in [5.41, 5.74) is 1.04. The standard InChI is InChI=1S/C16H12BrNO3S/c17-14-5-1-4-13(7-14)11-22(20,21)16(10-18)9-12-3-2-6-15(19)8-12/h1-9,19H,11H2/b16-9+. The fraction of sp³-hybridized carbons (Fsp3) is 0.0625. The van der Waals surface area contributed by atoms with Gasteiger partial charge >= 0.3 is 0 Å². The molecular weight excluding hydrogens is 366 g/mol. The minimum atomic E-state index is -3.76. The van der Waals surface area contributed by atoms with Gasteiger partial charge in [0.1, 0.15) is 16.7 Å². The van der Waals surface area contributed by atoms with Crippen LogP contribution in [0, 0.1) is 11.3 Å². The molecule has 2 aromatic carbocycles. The van der Waals surface area contributed by atoms with E-state index in [2.05, 4.69) is 15.9 Å². The maximum absolute atomic E-state index is 12.4. The molecule has 6 heteroatoms. The van der Waals surface area contributed by atoms with E-state index in [0.29, 0.717) is 11.1 Å². The van der Waals surface area contributed by atoms with Crippen molar-refractivity contribution in [2.45, 2.75) is 5.75 Å². The number of nitriles is 1. The molecule has 0 heterocycles. The molecule has 0 bridgehead atoms. The molecule has 0 saturated heterocycles. The molecule has 0 aromatic heterocycles. The summed E-state index contributed by atoms with van der Waals surface area (Å²) >= 11 is 3.28. The van der Waals surface area contributed by atoms with Gasteiger partial charge < -0.3 is 5.11 Å². The number of sulfone groups is 1. The van der Waals surface area contributed by atoms with Gasteiger partial charge in [0.2, 0.25) is 0 Å². The number of rotatable bonds is 4. The second-order valence-electron chi connectivity index (χ2n) is 4.60. The van der Waals surface area contributed by atoms with Crippen molar-refractivity contribution in [3.05, 3.63) is 69.0 Å². The molecule has 0 amide bonds. The average molecular weight is 378 g/mol. The molecule has 0 unspecified atom stereocenters. The summed E-state index contributed by atoms with van der Waals surface area (Å²) in [4.78, 5) is -0.335. The Morgan fingerprint density at radius 3 is 2.59 bits per heavy atom. The van der Waals surface area contributed by atoms with Crippen LogP contribution in [0.4, 0.5) is 0 Å². The van der Waals surface area contributed by atoms with Crippen LogP contribution in [0.1, 0.15) is 11.1 Å². The zero-order valence-corrected chi connectivity index (χ0v) is 13.8. The van der Waals surface area contributed by atoms with Crippen LogP contribution in [0.5, 0.6) is 5.75 Å². The number of hydrogen-bond acceptors (Lipinski definition) is 4. The first-order chi connectivity index (χ1) is 10.4. The summed E-state index contributed by atoms with van der Waals surface area (Å²) in [6.45, 7) is 0. The van der Waals surface area contributed by atoms with Crippen LogP contribution in [0.25, 0.3) is 6.08 Å². The summed E-state index contributed by atoms with van der Waals surface area (Å²) in [5, 5.41) is 18.6. The van der Waals surface area contributed by atoms with Crippen LogP contribution in [0.3, 0.4) is 0 Å². The van der Waals surface area contributed by atoms with Gasteiger partial charge in [-0.1, -0.05) is 40.2 Å². The number of benzene rings is 2. The Kier molecular flexibility index (Phi) is 5.01. The zero-order chi connectivity index (χ0) is 16.2. The summed E-state index contributed by atoms with van der Waals surface area (Å²) in [6.07, 6.45) is 1.26. The first-order valence-electron chi connectivity index (χ1n) is 6.29. The lowest BCUT2D eigenvalue weighted by Gasteiger charge is -2.04. The first kappa shape index (κ1) is 16.3. The molecule has 22 heavy (non-hydrogen) atoms. The smallest absolute Gasteiger partial charge is 0.192 e. The summed E-state index contributed by atoms with van der Waals surface area (Å²) in [5.74, 6) is -0.250. The predicted molar refractivity (Wildman–Crippen MR) is 88.5 cm³/mol. The fourth-order valence-electron chi connectivity index (χ4n) is 1.88.